The summed E-state index contributed by atoms with van der Waals surface area (Å²) in [7, 11) is 0. The summed E-state index contributed by atoms with van der Waals surface area (Å²) in [6.07, 6.45) is 2.38. The van der Waals surface area contributed by atoms with Gasteiger partial charge in [-0.25, -0.2) is 0 Å². The minimum absolute atomic E-state index is 0.0816. The first-order valence-corrected chi connectivity index (χ1v) is 8.89. The van der Waals surface area contributed by atoms with Gasteiger partial charge in [0.15, 0.2) is 4.34 Å². The van der Waals surface area contributed by atoms with Crippen molar-refractivity contribution in [2.45, 2.75) is 35.7 Å². The summed E-state index contributed by atoms with van der Waals surface area (Å²) in [6, 6.07) is 10.7. The molecule has 1 heterocycles. The molecule has 1 aromatic carbocycles. The number of hydrogen-bond donors (Lipinski definition) is 2. The lowest BCUT2D eigenvalue weighted by molar-refractivity contribution is 0.177. The third-order valence-corrected chi connectivity index (χ3v) is 5.81. The van der Waals surface area contributed by atoms with E-state index in [1.807, 2.05) is 25.1 Å². The largest absolute Gasteiger partial charge is 0.394 e. The summed E-state index contributed by atoms with van der Waals surface area (Å²) in [5.41, 5.74) is 0.722. The van der Waals surface area contributed by atoms with E-state index in [1.54, 1.807) is 23.1 Å². The molecule has 1 aliphatic carbocycles. The molecular formula is C15H19N3OS2. The van der Waals surface area contributed by atoms with E-state index in [1.165, 1.54) is 12.8 Å². The Bertz CT molecular complexity index is 586. The van der Waals surface area contributed by atoms with Gasteiger partial charge in [0.25, 0.3) is 0 Å². The number of nitrogens with one attached hydrogen (secondary N) is 1. The van der Waals surface area contributed by atoms with Crippen molar-refractivity contribution in [3.05, 3.63) is 40.9 Å². The Kier molecular flexibility index (Phi) is 4.59. The molecule has 0 radical (unpaired) electrons. The lowest BCUT2D eigenvalue weighted by Gasteiger charge is -2.33. The molecular weight excluding hydrogens is 302 g/mol. The first-order chi connectivity index (χ1) is 10.2. The number of rotatable bonds is 7. The van der Waals surface area contributed by atoms with Crippen molar-refractivity contribution in [3.63, 3.8) is 0 Å². The SMILES string of the molecule is Cc1nnc(SCC(CO)(NC2CC2)c2ccccc2)s1. The molecule has 1 unspecified atom stereocenters. The van der Waals surface area contributed by atoms with Crippen LogP contribution in [0.3, 0.4) is 0 Å². The van der Waals surface area contributed by atoms with Gasteiger partial charge in [0.2, 0.25) is 0 Å². The highest BCUT2D eigenvalue weighted by Gasteiger charge is 2.37. The van der Waals surface area contributed by atoms with Crippen LogP contribution in [0.4, 0.5) is 0 Å². The van der Waals surface area contributed by atoms with Crippen LogP contribution in [-0.4, -0.2) is 33.7 Å². The van der Waals surface area contributed by atoms with Crippen LogP contribution in [-0.2, 0) is 5.54 Å². The van der Waals surface area contributed by atoms with Crippen LogP contribution >= 0.6 is 23.1 Å². The predicted molar refractivity (Wildman–Crippen MR) is 86.7 cm³/mol. The van der Waals surface area contributed by atoms with E-state index in [2.05, 4.69) is 27.6 Å². The van der Waals surface area contributed by atoms with Gasteiger partial charge in [-0.2, -0.15) is 0 Å². The zero-order valence-corrected chi connectivity index (χ0v) is 13.6. The molecule has 0 amide bonds. The lowest BCUT2D eigenvalue weighted by Crippen LogP contribution is -2.49. The van der Waals surface area contributed by atoms with Crippen LogP contribution in [0.15, 0.2) is 34.7 Å². The van der Waals surface area contributed by atoms with Gasteiger partial charge in [0.05, 0.1) is 12.1 Å². The maximum atomic E-state index is 10.1. The van der Waals surface area contributed by atoms with E-state index in [4.69, 9.17) is 0 Å². The monoisotopic (exact) mass is 321 g/mol. The van der Waals surface area contributed by atoms with Gasteiger partial charge in [-0.1, -0.05) is 53.4 Å². The van der Waals surface area contributed by atoms with Crippen molar-refractivity contribution >= 4 is 23.1 Å². The third-order valence-electron chi connectivity index (χ3n) is 3.60. The number of aliphatic hydroxyl groups excluding tert-OH is 1. The molecule has 1 fully saturated rings. The third kappa shape index (κ3) is 3.63. The molecule has 0 bridgehead atoms. The highest BCUT2D eigenvalue weighted by Crippen LogP contribution is 2.34. The summed E-state index contributed by atoms with van der Waals surface area (Å²) in [5.74, 6) is 0.749. The average molecular weight is 321 g/mol. The van der Waals surface area contributed by atoms with Gasteiger partial charge in [0.1, 0.15) is 5.01 Å². The fourth-order valence-electron chi connectivity index (χ4n) is 2.29. The Morgan fingerprint density at radius 1 is 1.33 bits per heavy atom. The molecule has 0 spiro atoms. The van der Waals surface area contributed by atoms with E-state index in [0.717, 1.165) is 20.7 Å². The Hall–Kier alpha value is -0.950. The van der Waals surface area contributed by atoms with Crippen LogP contribution in [0.25, 0.3) is 0 Å². The van der Waals surface area contributed by atoms with Crippen LogP contribution in [0, 0.1) is 6.92 Å². The molecule has 3 rings (SSSR count). The molecule has 1 saturated carbocycles. The normalized spacial score (nSPS) is 17.6. The van der Waals surface area contributed by atoms with Crippen molar-refractivity contribution in [3.8, 4) is 0 Å². The van der Waals surface area contributed by atoms with E-state index in [9.17, 15) is 5.11 Å². The van der Waals surface area contributed by atoms with E-state index in [-0.39, 0.29) is 6.61 Å². The van der Waals surface area contributed by atoms with Crippen molar-refractivity contribution in [2.24, 2.45) is 0 Å². The second-order valence-electron chi connectivity index (χ2n) is 5.40. The van der Waals surface area contributed by atoms with Crippen molar-refractivity contribution in [2.75, 3.05) is 12.4 Å². The molecule has 1 aromatic heterocycles. The molecule has 4 nitrogen and oxygen atoms in total. The van der Waals surface area contributed by atoms with Crippen LogP contribution < -0.4 is 5.32 Å². The second kappa shape index (κ2) is 6.44. The summed E-state index contributed by atoms with van der Waals surface area (Å²) in [4.78, 5) is 0. The fraction of sp³-hybridized carbons (Fsp3) is 0.467. The smallest absolute Gasteiger partial charge is 0.174 e. The predicted octanol–water partition coefficient (Wildman–Crippen LogP) is 2.58. The molecule has 0 aliphatic heterocycles. The number of aliphatic hydroxyl groups is 1. The van der Waals surface area contributed by atoms with Crippen LogP contribution in [0.5, 0.6) is 0 Å². The van der Waals surface area contributed by atoms with E-state index in [0.29, 0.717) is 6.04 Å². The Morgan fingerprint density at radius 2 is 2.10 bits per heavy atom. The zero-order valence-electron chi connectivity index (χ0n) is 12.0. The van der Waals surface area contributed by atoms with E-state index < -0.39 is 5.54 Å². The van der Waals surface area contributed by atoms with Gasteiger partial charge in [-0.05, 0) is 25.3 Å². The molecule has 0 saturated heterocycles. The van der Waals surface area contributed by atoms with Crippen molar-refractivity contribution in [1.82, 2.24) is 15.5 Å². The molecule has 2 aromatic rings. The van der Waals surface area contributed by atoms with Crippen molar-refractivity contribution < 1.29 is 5.11 Å². The highest BCUT2D eigenvalue weighted by atomic mass is 32.2. The maximum absolute atomic E-state index is 10.1. The zero-order chi connectivity index (χ0) is 14.7. The average Bonchev–Trinajstić information content (AvgIpc) is 3.24. The highest BCUT2D eigenvalue weighted by molar-refractivity contribution is 8.01. The minimum atomic E-state index is -0.410. The lowest BCUT2D eigenvalue weighted by atomic mass is 9.92. The standard InChI is InChI=1S/C15H19N3OS2/c1-11-17-18-14(21-11)20-10-15(9-19,16-13-7-8-13)12-5-3-2-4-6-12/h2-6,13,16,19H,7-10H2,1H3. The maximum Gasteiger partial charge on any atom is 0.174 e. The Labute approximate surface area is 133 Å². The minimum Gasteiger partial charge on any atom is -0.394 e. The number of thioether (sulfide) groups is 1. The van der Waals surface area contributed by atoms with Gasteiger partial charge in [-0.3, -0.25) is 0 Å². The topological polar surface area (TPSA) is 58.0 Å². The Balaban J connectivity index is 1.80. The number of nitrogens with zero attached hydrogens (tertiary/aromatic N) is 2. The molecule has 1 aliphatic rings. The van der Waals surface area contributed by atoms with Gasteiger partial charge < -0.3 is 10.4 Å². The summed E-state index contributed by atoms with van der Waals surface area (Å²) >= 11 is 3.26. The number of aryl methyl sites for hydroxylation is 1. The van der Waals surface area contributed by atoms with Crippen LogP contribution in [0.1, 0.15) is 23.4 Å². The summed E-state index contributed by atoms with van der Waals surface area (Å²) in [5, 5.41) is 22.9. The fourth-order valence-corrected chi connectivity index (χ4v) is 4.29. The van der Waals surface area contributed by atoms with Gasteiger partial charge >= 0.3 is 0 Å². The molecule has 2 N–H and O–H groups in total. The van der Waals surface area contributed by atoms with Gasteiger partial charge in [0, 0.05) is 11.8 Å². The van der Waals surface area contributed by atoms with Gasteiger partial charge in [-0.15, -0.1) is 10.2 Å². The first-order valence-electron chi connectivity index (χ1n) is 7.09. The number of aromatic nitrogens is 2. The molecule has 112 valence electrons. The summed E-state index contributed by atoms with van der Waals surface area (Å²) < 4.78 is 0.957. The van der Waals surface area contributed by atoms with Crippen LogP contribution in [0.2, 0.25) is 0 Å². The molecule has 1 atom stereocenters. The number of benzene rings is 1. The summed E-state index contributed by atoms with van der Waals surface area (Å²) in [6.45, 7) is 2.04. The Morgan fingerprint density at radius 3 is 2.67 bits per heavy atom. The second-order valence-corrected chi connectivity index (χ2v) is 7.80. The first kappa shape index (κ1) is 15.0. The van der Waals surface area contributed by atoms with E-state index >= 15 is 0 Å². The van der Waals surface area contributed by atoms with Crippen molar-refractivity contribution in [1.29, 1.82) is 0 Å². The molecule has 21 heavy (non-hydrogen) atoms. The quantitative estimate of drug-likeness (QED) is 0.768. The molecule has 6 heteroatoms. The number of hydrogen-bond acceptors (Lipinski definition) is 6.